The van der Waals surface area contributed by atoms with Gasteiger partial charge in [0.25, 0.3) is 0 Å². The molecule has 72 valence electrons. The summed E-state index contributed by atoms with van der Waals surface area (Å²) < 4.78 is 4.96. The number of halogens is 4. The maximum Gasteiger partial charge on any atom is 0.159 e. The number of hydrogen-bond acceptors (Lipinski definition) is 1. The molecular formula is C8H6Cl4O. The van der Waals surface area contributed by atoms with E-state index in [1.165, 1.54) is 7.11 Å². The molecule has 1 aromatic rings. The van der Waals surface area contributed by atoms with E-state index in [4.69, 9.17) is 51.1 Å². The van der Waals surface area contributed by atoms with E-state index >= 15 is 0 Å². The summed E-state index contributed by atoms with van der Waals surface area (Å²) in [5.74, 6) is 0.309. The van der Waals surface area contributed by atoms with Gasteiger partial charge in [0.15, 0.2) is 5.75 Å². The topological polar surface area (TPSA) is 9.23 Å². The number of hydrogen-bond donors (Lipinski definition) is 0. The molecule has 0 aliphatic carbocycles. The van der Waals surface area contributed by atoms with Gasteiger partial charge in [0.1, 0.15) is 10.0 Å². The largest absolute Gasteiger partial charge is 0.494 e. The maximum absolute atomic E-state index is 5.88. The molecule has 0 N–H and O–H groups in total. The predicted octanol–water partition coefficient (Wildman–Crippen LogP) is 4.62. The Balaban J connectivity index is 3.56. The molecule has 0 aliphatic rings. The minimum Gasteiger partial charge on any atom is -0.494 e. The fourth-order valence-corrected chi connectivity index (χ4v) is 1.98. The van der Waals surface area contributed by atoms with Crippen molar-refractivity contribution in [3.05, 3.63) is 25.7 Å². The van der Waals surface area contributed by atoms with Gasteiger partial charge in [-0.1, -0.05) is 46.4 Å². The standard InChI is InChI=1S/C8H6Cl4O/c1-3-4(9)6(11)8(13-2)7(12)5(3)10/h1-2H3. The highest BCUT2D eigenvalue weighted by Crippen LogP contribution is 2.45. The maximum atomic E-state index is 5.88. The smallest absolute Gasteiger partial charge is 0.159 e. The third-order valence-electron chi connectivity index (χ3n) is 1.65. The lowest BCUT2D eigenvalue weighted by Crippen LogP contribution is -1.90. The van der Waals surface area contributed by atoms with Crippen molar-refractivity contribution in [2.45, 2.75) is 6.92 Å². The van der Waals surface area contributed by atoms with Crippen molar-refractivity contribution >= 4 is 46.4 Å². The van der Waals surface area contributed by atoms with Crippen LogP contribution in [0.4, 0.5) is 0 Å². The average Bonchev–Trinajstić information content (AvgIpc) is 2.13. The SMILES string of the molecule is COc1c(Cl)c(Cl)c(C)c(Cl)c1Cl. The third kappa shape index (κ3) is 1.84. The van der Waals surface area contributed by atoms with Crippen molar-refractivity contribution in [2.24, 2.45) is 0 Å². The monoisotopic (exact) mass is 258 g/mol. The Labute approximate surface area is 96.5 Å². The van der Waals surface area contributed by atoms with Gasteiger partial charge in [0.05, 0.1) is 17.2 Å². The molecule has 0 aliphatic heterocycles. The van der Waals surface area contributed by atoms with Crippen molar-refractivity contribution in [1.82, 2.24) is 0 Å². The average molecular weight is 260 g/mol. The van der Waals surface area contributed by atoms with Crippen LogP contribution in [-0.4, -0.2) is 7.11 Å². The molecule has 0 saturated carbocycles. The minimum atomic E-state index is 0.288. The second-order valence-electron chi connectivity index (χ2n) is 2.41. The van der Waals surface area contributed by atoms with E-state index in [1.807, 2.05) is 0 Å². The molecule has 1 aromatic carbocycles. The number of benzene rings is 1. The van der Waals surface area contributed by atoms with Crippen LogP contribution in [0, 0.1) is 6.92 Å². The molecule has 0 spiro atoms. The summed E-state index contributed by atoms with van der Waals surface area (Å²) in [5.41, 5.74) is 0.652. The lowest BCUT2D eigenvalue weighted by molar-refractivity contribution is 0.415. The Hall–Kier alpha value is 0.180. The molecule has 5 heteroatoms. The molecular weight excluding hydrogens is 254 g/mol. The van der Waals surface area contributed by atoms with Gasteiger partial charge in [-0.3, -0.25) is 0 Å². The van der Waals surface area contributed by atoms with E-state index in [0.29, 0.717) is 21.4 Å². The first-order chi connectivity index (χ1) is 6.00. The van der Waals surface area contributed by atoms with Crippen LogP contribution in [-0.2, 0) is 0 Å². The van der Waals surface area contributed by atoms with E-state index in [0.717, 1.165) is 0 Å². The first-order valence-corrected chi connectivity index (χ1v) is 4.88. The number of ether oxygens (including phenoxy) is 1. The second kappa shape index (κ2) is 4.14. The molecule has 0 bridgehead atoms. The van der Waals surface area contributed by atoms with E-state index in [2.05, 4.69) is 0 Å². The molecule has 0 amide bonds. The normalized spacial score (nSPS) is 10.3. The van der Waals surface area contributed by atoms with Crippen molar-refractivity contribution < 1.29 is 4.74 Å². The summed E-state index contributed by atoms with van der Waals surface area (Å²) in [5, 5.41) is 1.31. The Kier molecular flexibility index (Phi) is 3.58. The summed E-state index contributed by atoms with van der Waals surface area (Å²) in [6, 6.07) is 0. The molecule has 0 radical (unpaired) electrons. The molecule has 0 unspecified atom stereocenters. The van der Waals surface area contributed by atoms with Crippen LogP contribution in [0.3, 0.4) is 0 Å². The van der Waals surface area contributed by atoms with Gasteiger partial charge in [0.2, 0.25) is 0 Å². The Morgan fingerprint density at radius 1 is 0.846 bits per heavy atom. The quantitative estimate of drug-likeness (QED) is 0.669. The lowest BCUT2D eigenvalue weighted by atomic mass is 10.2. The minimum absolute atomic E-state index is 0.288. The molecule has 1 rings (SSSR count). The van der Waals surface area contributed by atoms with E-state index in [1.54, 1.807) is 6.92 Å². The van der Waals surface area contributed by atoms with Crippen molar-refractivity contribution in [1.29, 1.82) is 0 Å². The Morgan fingerprint density at radius 3 is 1.54 bits per heavy atom. The van der Waals surface area contributed by atoms with Gasteiger partial charge in [-0.05, 0) is 12.5 Å². The first-order valence-electron chi connectivity index (χ1n) is 3.37. The molecule has 1 nitrogen and oxygen atoms in total. The second-order valence-corrected chi connectivity index (χ2v) is 3.93. The van der Waals surface area contributed by atoms with Crippen molar-refractivity contribution in [2.75, 3.05) is 7.11 Å². The summed E-state index contributed by atoms with van der Waals surface area (Å²) in [4.78, 5) is 0. The number of rotatable bonds is 1. The van der Waals surface area contributed by atoms with Gasteiger partial charge in [-0.15, -0.1) is 0 Å². The Morgan fingerprint density at radius 2 is 1.23 bits per heavy atom. The summed E-state index contributed by atoms with van der Waals surface area (Å²) in [7, 11) is 1.45. The highest BCUT2D eigenvalue weighted by molar-refractivity contribution is 6.49. The highest BCUT2D eigenvalue weighted by Gasteiger charge is 2.17. The molecule has 0 saturated heterocycles. The van der Waals surface area contributed by atoms with E-state index in [-0.39, 0.29) is 10.0 Å². The van der Waals surface area contributed by atoms with Gasteiger partial charge < -0.3 is 4.74 Å². The van der Waals surface area contributed by atoms with Crippen LogP contribution in [0.5, 0.6) is 5.75 Å². The zero-order chi connectivity index (χ0) is 10.2. The highest BCUT2D eigenvalue weighted by atomic mass is 35.5. The van der Waals surface area contributed by atoms with E-state index < -0.39 is 0 Å². The van der Waals surface area contributed by atoms with Crippen LogP contribution in [0.1, 0.15) is 5.56 Å². The van der Waals surface area contributed by atoms with Crippen LogP contribution >= 0.6 is 46.4 Å². The lowest BCUT2D eigenvalue weighted by Gasteiger charge is -2.11. The van der Waals surface area contributed by atoms with Gasteiger partial charge in [-0.25, -0.2) is 0 Å². The molecule has 13 heavy (non-hydrogen) atoms. The molecule has 0 fully saturated rings. The van der Waals surface area contributed by atoms with Crippen LogP contribution in [0.2, 0.25) is 20.1 Å². The molecule has 0 heterocycles. The first kappa shape index (κ1) is 11.3. The van der Waals surface area contributed by atoms with Crippen molar-refractivity contribution in [3.8, 4) is 5.75 Å². The van der Waals surface area contributed by atoms with Crippen LogP contribution < -0.4 is 4.74 Å². The van der Waals surface area contributed by atoms with Crippen molar-refractivity contribution in [3.63, 3.8) is 0 Å². The van der Waals surface area contributed by atoms with E-state index in [9.17, 15) is 0 Å². The fraction of sp³-hybridized carbons (Fsp3) is 0.250. The van der Waals surface area contributed by atoms with Crippen LogP contribution in [0.25, 0.3) is 0 Å². The summed E-state index contributed by atoms with van der Waals surface area (Å²) in [6.07, 6.45) is 0. The molecule has 0 aromatic heterocycles. The zero-order valence-electron chi connectivity index (χ0n) is 6.92. The van der Waals surface area contributed by atoms with Crippen LogP contribution in [0.15, 0.2) is 0 Å². The molecule has 0 atom stereocenters. The van der Waals surface area contributed by atoms with Gasteiger partial charge in [-0.2, -0.15) is 0 Å². The Bertz CT molecular complexity index is 319. The zero-order valence-corrected chi connectivity index (χ0v) is 9.94. The fourth-order valence-electron chi connectivity index (χ4n) is 0.901. The van der Waals surface area contributed by atoms with Gasteiger partial charge in [0, 0.05) is 0 Å². The summed E-state index contributed by atoms with van der Waals surface area (Å²) >= 11 is 23.5. The number of methoxy groups -OCH3 is 1. The third-order valence-corrected chi connectivity index (χ3v) is 3.51. The summed E-state index contributed by atoms with van der Waals surface area (Å²) in [6.45, 7) is 1.74. The predicted molar refractivity (Wildman–Crippen MR) is 57.8 cm³/mol. The van der Waals surface area contributed by atoms with Gasteiger partial charge >= 0.3 is 0 Å².